The fourth-order valence-electron chi connectivity index (χ4n) is 3.29. The molecule has 0 saturated carbocycles. The first-order valence-electron chi connectivity index (χ1n) is 8.68. The van der Waals surface area contributed by atoms with Crippen molar-refractivity contribution in [2.45, 2.75) is 31.1 Å². The Morgan fingerprint density at radius 1 is 1.39 bits per heavy atom. The van der Waals surface area contributed by atoms with Crippen LogP contribution in [0, 0.1) is 0 Å². The zero-order chi connectivity index (χ0) is 19.9. The van der Waals surface area contributed by atoms with Crippen LogP contribution >= 0.6 is 0 Å². The number of carbonyl (C=O) groups excluding carboxylic acids is 1. The van der Waals surface area contributed by atoms with Crippen LogP contribution in [0.1, 0.15) is 28.6 Å². The zero-order valence-corrected chi connectivity index (χ0v) is 14.6. The summed E-state index contributed by atoms with van der Waals surface area (Å²) in [6.07, 6.45) is -1.82. The van der Waals surface area contributed by atoms with Crippen LogP contribution in [-0.2, 0) is 11.2 Å². The molecule has 2 aromatic rings. The average Bonchev–Trinajstić information content (AvgIpc) is 3.24. The summed E-state index contributed by atoms with van der Waals surface area (Å²) in [5, 5.41) is 11.5. The molecule has 1 aromatic heterocycles. The molecule has 28 heavy (non-hydrogen) atoms. The van der Waals surface area contributed by atoms with Crippen LogP contribution in [0.4, 0.5) is 14.6 Å². The van der Waals surface area contributed by atoms with Crippen LogP contribution in [0.15, 0.2) is 35.3 Å². The first kappa shape index (κ1) is 18.5. The Labute approximate surface area is 157 Å². The van der Waals surface area contributed by atoms with Gasteiger partial charge in [-0.2, -0.15) is 4.98 Å². The average molecular weight is 393 g/mol. The molecule has 1 saturated heterocycles. The molecule has 0 bridgehead atoms. The van der Waals surface area contributed by atoms with Gasteiger partial charge in [0.25, 0.3) is 11.8 Å². The van der Waals surface area contributed by atoms with Gasteiger partial charge in [0, 0.05) is 24.6 Å². The van der Waals surface area contributed by atoms with Gasteiger partial charge >= 0.3 is 5.69 Å². The molecule has 0 spiro atoms. The molecule has 1 amide bonds. The summed E-state index contributed by atoms with van der Waals surface area (Å²) in [5.41, 5.74) is 0.283. The van der Waals surface area contributed by atoms with Crippen molar-refractivity contribution >= 4 is 11.7 Å². The Bertz CT molecular complexity index is 978. The van der Waals surface area contributed by atoms with Gasteiger partial charge in [-0.1, -0.05) is 0 Å². The highest BCUT2D eigenvalue weighted by molar-refractivity contribution is 6.04. The van der Waals surface area contributed by atoms with Gasteiger partial charge in [-0.3, -0.25) is 9.36 Å². The third kappa shape index (κ3) is 3.36. The van der Waals surface area contributed by atoms with Gasteiger partial charge in [-0.05, 0) is 29.8 Å². The van der Waals surface area contributed by atoms with Crippen molar-refractivity contribution in [2.75, 3.05) is 18.5 Å². The van der Waals surface area contributed by atoms with E-state index in [0.717, 1.165) is 17.5 Å². The second-order valence-corrected chi connectivity index (χ2v) is 6.64. The Morgan fingerprint density at radius 3 is 2.93 bits per heavy atom. The van der Waals surface area contributed by atoms with Gasteiger partial charge in [-0.15, -0.1) is 0 Å². The lowest BCUT2D eigenvalue weighted by Crippen LogP contribution is -2.35. The zero-order valence-electron chi connectivity index (χ0n) is 14.6. The molecule has 0 radical (unpaired) electrons. The fraction of sp³-hybridized carbons (Fsp3) is 0.389. The molecule has 2 atom stereocenters. The summed E-state index contributed by atoms with van der Waals surface area (Å²) >= 11 is 0. The SMILES string of the molecule is O=C(Nc1ccn(C2OC(CO)CC2(F)F)c(=O)n1)c1ccc2c(c1)CCO2. The third-order valence-electron chi connectivity index (χ3n) is 4.66. The van der Waals surface area contributed by atoms with Crippen LogP contribution in [0.5, 0.6) is 5.75 Å². The van der Waals surface area contributed by atoms with Gasteiger partial charge in [-0.25, -0.2) is 13.6 Å². The molecular formula is C18H17F2N3O5. The Morgan fingerprint density at radius 2 is 2.21 bits per heavy atom. The number of fused-ring (bicyclic) bond motifs is 1. The number of amides is 1. The van der Waals surface area contributed by atoms with E-state index in [1.807, 2.05) is 0 Å². The molecule has 0 aliphatic carbocycles. The van der Waals surface area contributed by atoms with Crippen molar-refractivity contribution in [1.29, 1.82) is 0 Å². The molecule has 2 N–H and O–H groups in total. The minimum atomic E-state index is -3.32. The number of nitrogens with zero attached hydrogens (tertiary/aromatic N) is 2. The number of aliphatic hydroxyl groups is 1. The number of hydrogen-bond acceptors (Lipinski definition) is 6. The molecule has 8 nitrogen and oxygen atoms in total. The highest BCUT2D eigenvalue weighted by Gasteiger charge is 2.51. The van der Waals surface area contributed by atoms with Gasteiger partial charge in [0.1, 0.15) is 11.6 Å². The van der Waals surface area contributed by atoms with E-state index >= 15 is 0 Å². The molecular weight excluding hydrogens is 376 g/mol. The maximum atomic E-state index is 14.0. The topological polar surface area (TPSA) is 103 Å². The molecule has 1 fully saturated rings. The molecule has 2 aliphatic heterocycles. The summed E-state index contributed by atoms with van der Waals surface area (Å²) in [6.45, 7) is -0.0145. The number of aromatic nitrogens is 2. The third-order valence-corrected chi connectivity index (χ3v) is 4.66. The Balaban J connectivity index is 1.52. The van der Waals surface area contributed by atoms with Gasteiger partial charge in [0.05, 0.1) is 19.3 Å². The van der Waals surface area contributed by atoms with E-state index < -0.39 is 42.9 Å². The Kier molecular flexibility index (Phi) is 4.60. The van der Waals surface area contributed by atoms with Gasteiger partial charge in [0.15, 0.2) is 0 Å². The lowest BCUT2D eigenvalue weighted by molar-refractivity contribution is -0.120. The summed E-state index contributed by atoms with van der Waals surface area (Å²) < 4.78 is 39.2. The van der Waals surface area contributed by atoms with Crippen molar-refractivity contribution in [3.05, 3.63) is 52.1 Å². The van der Waals surface area contributed by atoms with E-state index in [-0.39, 0.29) is 5.82 Å². The minimum absolute atomic E-state index is 0.0666. The molecule has 10 heteroatoms. The van der Waals surface area contributed by atoms with Crippen molar-refractivity contribution in [2.24, 2.45) is 0 Å². The number of alkyl halides is 2. The highest BCUT2D eigenvalue weighted by Crippen LogP contribution is 2.41. The standard InChI is InChI=1S/C18H17F2N3O5/c19-18(20)8-12(9-24)28-16(18)23-5-3-14(22-17(23)26)21-15(25)11-1-2-13-10(7-11)4-6-27-13/h1-3,5,7,12,16,24H,4,6,8-9H2,(H,21,22,25,26). The number of ether oxygens (including phenoxy) is 2. The second kappa shape index (κ2) is 6.95. The maximum absolute atomic E-state index is 14.0. The first-order chi connectivity index (χ1) is 13.4. The van der Waals surface area contributed by atoms with Crippen LogP contribution in [0.2, 0.25) is 0 Å². The van der Waals surface area contributed by atoms with E-state index in [2.05, 4.69) is 10.3 Å². The number of aliphatic hydroxyl groups excluding tert-OH is 1. The van der Waals surface area contributed by atoms with E-state index in [1.165, 1.54) is 6.07 Å². The molecule has 148 valence electrons. The van der Waals surface area contributed by atoms with Crippen LogP contribution < -0.4 is 15.7 Å². The summed E-state index contributed by atoms with van der Waals surface area (Å²) in [6, 6.07) is 6.21. The quantitative estimate of drug-likeness (QED) is 0.813. The van der Waals surface area contributed by atoms with Gasteiger partial charge in [0.2, 0.25) is 6.23 Å². The Hall–Kier alpha value is -2.85. The smallest absolute Gasteiger partial charge is 0.351 e. The number of anilines is 1. The largest absolute Gasteiger partial charge is 0.493 e. The monoisotopic (exact) mass is 393 g/mol. The number of carbonyl (C=O) groups is 1. The number of rotatable bonds is 4. The van der Waals surface area contributed by atoms with Crippen molar-refractivity contribution < 1.29 is 28.2 Å². The summed E-state index contributed by atoms with van der Waals surface area (Å²) in [4.78, 5) is 28.2. The van der Waals surface area contributed by atoms with E-state index in [1.54, 1.807) is 18.2 Å². The molecule has 2 aliphatic rings. The first-order valence-corrected chi connectivity index (χ1v) is 8.68. The van der Waals surface area contributed by atoms with Crippen molar-refractivity contribution in [3.63, 3.8) is 0 Å². The highest BCUT2D eigenvalue weighted by atomic mass is 19.3. The molecule has 2 unspecified atom stereocenters. The second-order valence-electron chi connectivity index (χ2n) is 6.64. The van der Waals surface area contributed by atoms with Crippen molar-refractivity contribution in [1.82, 2.24) is 9.55 Å². The van der Waals surface area contributed by atoms with Crippen LogP contribution in [0.3, 0.4) is 0 Å². The number of hydrogen-bond donors (Lipinski definition) is 2. The van der Waals surface area contributed by atoms with E-state index in [0.29, 0.717) is 23.2 Å². The maximum Gasteiger partial charge on any atom is 0.351 e. The number of halogens is 2. The van der Waals surface area contributed by atoms with E-state index in [4.69, 9.17) is 14.6 Å². The van der Waals surface area contributed by atoms with Crippen LogP contribution in [0.25, 0.3) is 0 Å². The predicted octanol–water partition coefficient (Wildman–Crippen LogP) is 1.35. The predicted molar refractivity (Wildman–Crippen MR) is 92.7 cm³/mol. The van der Waals surface area contributed by atoms with Crippen molar-refractivity contribution in [3.8, 4) is 5.75 Å². The normalized spacial score (nSPS) is 22.5. The van der Waals surface area contributed by atoms with E-state index in [9.17, 15) is 18.4 Å². The number of nitrogens with one attached hydrogen (secondary N) is 1. The summed E-state index contributed by atoms with van der Waals surface area (Å²) in [5.74, 6) is -3.14. The lowest BCUT2D eigenvalue weighted by atomic mass is 10.1. The number of benzene rings is 1. The fourth-order valence-corrected chi connectivity index (χ4v) is 3.29. The molecule has 3 heterocycles. The van der Waals surface area contributed by atoms with Crippen LogP contribution in [-0.4, -0.2) is 45.8 Å². The molecule has 4 rings (SSSR count). The summed E-state index contributed by atoms with van der Waals surface area (Å²) in [7, 11) is 0. The molecule has 1 aromatic carbocycles. The minimum Gasteiger partial charge on any atom is -0.493 e. The lowest BCUT2D eigenvalue weighted by Gasteiger charge is -2.19. The van der Waals surface area contributed by atoms with Gasteiger partial charge < -0.3 is 19.9 Å².